The zero-order valence-corrected chi connectivity index (χ0v) is 24.3. The van der Waals surface area contributed by atoms with Gasteiger partial charge in [0, 0.05) is 0 Å². The largest absolute Gasteiger partial charge is 3.00 e. The Labute approximate surface area is 240 Å². The van der Waals surface area contributed by atoms with Crippen molar-refractivity contribution in [3.8, 4) is 0 Å². The molecule has 0 aliphatic carbocycles. The average Bonchev–Trinajstić information content (AvgIpc) is 2.47. The first-order chi connectivity index (χ1) is 16.2. The summed E-state index contributed by atoms with van der Waals surface area (Å²) in [5, 5.41) is 0. The standard InChI is InChI=1S/5CHF3O3S.B.Sn/c5*2-1(3,4)8(5,6)7;;/h5*(H,5,6,7);;/q;;;;;+3;+2/p-5. The van der Waals surface area contributed by atoms with E-state index in [1.807, 2.05) is 0 Å². The van der Waals surface area contributed by atoms with Crippen molar-refractivity contribution in [2.75, 3.05) is 0 Å². The summed E-state index contributed by atoms with van der Waals surface area (Å²) in [6, 6.07) is 0. The summed E-state index contributed by atoms with van der Waals surface area (Å²) in [6.45, 7) is 0. The SMILES string of the molecule is O=S(=O)([O-])C(F)(F)F.O=S(=O)([O-])C(F)(F)F.O=S(=O)([O-])C(F)(F)F.O=S(=O)([O-])C(F)(F)F.O=S(=O)([O-])C(F)(F)F.[B+3].[Sn+2]. The van der Waals surface area contributed by atoms with E-state index in [2.05, 4.69) is 0 Å². The van der Waals surface area contributed by atoms with Crippen LogP contribution in [-0.4, -0.2) is 125 Å². The smallest absolute Gasteiger partial charge is 0.741 e. The second kappa shape index (κ2) is 17.7. The van der Waals surface area contributed by atoms with Gasteiger partial charge in [0.1, 0.15) is 0 Å². The van der Waals surface area contributed by atoms with Crippen molar-refractivity contribution < 1.29 is 131 Å². The molecule has 0 aromatic heterocycles. The fourth-order valence-electron chi connectivity index (χ4n) is 0. The molecule has 252 valence electrons. The van der Waals surface area contributed by atoms with Crippen LogP contribution in [0.25, 0.3) is 0 Å². The first kappa shape index (κ1) is 57.1. The van der Waals surface area contributed by atoms with Gasteiger partial charge in [-0.15, -0.1) is 0 Å². The summed E-state index contributed by atoms with van der Waals surface area (Å²) in [4.78, 5) is 0. The van der Waals surface area contributed by atoms with Crippen molar-refractivity contribution in [2.45, 2.75) is 27.5 Å². The Morgan fingerprint density at radius 1 is 0.286 bits per heavy atom. The summed E-state index contributed by atoms with van der Waals surface area (Å²) >= 11 is 0. The molecule has 0 spiro atoms. The van der Waals surface area contributed by atoms with Crippen LogP contribution in [0.5, 0.6) is 0 Å². The van der Waals surface area contributed by atoms with Crippen LogP contribution in [0.1, 0.15) is 0 Å². The van der Waals surface area contributed by atoms with Gasteiger partial charge in [-0.25, -0.2) is 42.1 Å². The van der Waals surface area contributed by atoms with Gasteiger partial charge in [0.2, 0.25) is 0 Å². The minimum absolute atomic E-state index is 0. The molecule has 0 saturated carbocycles. The van der Waals surface area contributed by atoms with E-state index in [9.17, 15) is 65.9 Å². The second-order valence-electron chi connectivity index (χ2n) is 4.50. The normalized spacial score (nSPS) is 13.3. The van der Waals surface area contributed by atoms with E-state index >= 15 is 0 Å². The molecule has 2 radical (unpaired) electrons. The van der Waals surface area contributed by atoms with Crippen LogP contribution in [0.3, 0.4) is 0 Å². The second-order valence-corrected chi connectivity index (χ2v) is 11.4. The molecule has 37 heteroatoms. The van der Waals surface area contributed by atoms with Crippen LogP contribution in [0.4, 0.5) is 65.9 Å². The Balaban J connectivity index is -0.0000000721. The molecule has 0 saturated heterocycles. The molecule has 0 fully saturated rings. The molecule has 0 aromatic carbocycles. The van der Waals surface area contributed by atoms with Gasteiger partial charge < -0.3 is 22.8 Å². The summed E-state index contributed by atoms with van der Waals surface area (Å²) in [5.41, 5.74) is -28.2. The van der Waals surface area contributed by atoms with Gasteiger partial charge in [-0.2, -0.15) is 65.9 Å². The predicted octanol–water partition coefficient (Wildman–Crippen LogP) is -0.505. The number of alkyl halides is 15. The molecule has 0 N–H and O–H groups in total. The van der Waals surface area contributed by atoms with Crippen LogP contribution in [0, 0.1) is 0 Å². The van der Waals surface area contributed by atoms with Crippen LogP contribution in [0.2, 0.25) is 0 Å². The number of hydrogen-bond acceptors (Lipinski definition) is 15. The van der Waals surface area contributed by atoms with Gasteiger partial charge in [0.15, 0.2) is 50.6 Å². The summed E-state index contributed by atoms with van der Waals surface area (Å²) in [5.74, 6) is 0. The maximum atomic E-state index is 10.7. The fourth-order valence-corrected chi connectivity index (χ4v) is 0. The van der Waals surface area contributed by atoms with Crippen LogP contribution >= 0.6 is 0 Å². The monoisotopic (exact) mass is 876 g/mol. The quantitative estimate of drug-likeness (QED) is 0.128. The van der Waals surface area contributed by atoms with Crippen LogP contribution in [0.15, 0.2) is 0 Å². The van der Waals surface area contributed by atoms with Gasteiger partial charge >= 0.3 is 59.9 Å². The van der Waals surface area contributed by atoms with Crippen molar-refractivity contribution in [3.63, 3.8) is 0 Å². The summed E-state index contributed by atoms with van der Waals surface area (Å²) in [7, 11) is -30.5. The van der Waals surface area contributed by atoms with E-state index in [1.165, 1.54) is 0 Å². The molecule has 0 amide bonds. The molecule has 0 heterocycles. The van der Waals surface area contributed by atoms with Crippen molar-refractivity contribution >= 4 is 82.9 Å². The van der Waals surface area contributed by atoms with E-state index in [1.54, 1.807) is 0 Å². The number of rotatable bonds is 0. The van der Waals surface area contributed by atoms with E-state index in [0.29, 0.717) is 0 Å². The third kappa shape index (κ3) is 29.4. The third-order valence-electron chi connectivity index (χ3n) is 1.42. The fraction of sp³-hybridized carbons (Fsp3) is 1.00. The molecule has 0 aromatic rings. The first-order valence-electron chi connectivity index (χ1n) is 6.36. The van der Waals surface area contributed by atoms with E-state index in [-0.39, 0.29) is 32.3 Å². The minimum Gasteiger partial charge on any atom is -0.741 e. The molecular weight excluding hydrogens is 875 g/mol. The Morgan fingerprint density at radius 2 is 0.310 bits per heavy atom. The zero-order valence-electron chi connectivity index (χ0n) is 17.4. The molecular formula is C5BF15O15S5Sn. The Hall–Kier alpha value is -0.636. The van der Waals surface area contributed by atoms with Crippen molar-refractivity contribution in [3.05, 3.63) is 0 Å². The summed E-state index contributed by atoms with van der Waals surface area (Å²) in [6.07, 6.45) is 0. The molecule has 0 unspecified atom stereocenters. The number of hydrogen-bond donors (Lipinski definition) is 0. The maximum absolute atomic E-state index is 10.7. The summed E-state index contributed by atoms with van der Waals surface area (Å²) < 4.78 is 295. The third-order valence-corrected chi connectivity index (χ3v) is 4.25. The van der Waals surface area contributed by atoms with Gasteiger partial charge in [0.25, 0.3) is 0 Å². The first-order valence-corrected chi connectivity index (χ1v) is 13.4. The van der Waals surface area contributed by atoms with Gasteiger partial charge in [0.05, 0.1) is 0 Å². The Bertz CT molecular complexity index is 1070. The molecule has 42 heavy (non-hydrogen) atoms. The predicted molar refractivity (Wildman–Crippen MR) is 90.3 cm³/mol. The zero-order chi connectivity index (χ0) is 35.0. The van der Waals surface area contributed by atoms with Crippen molar-refractivity contribution in [1.29, 1.82) is 0 Å². The van der Waals surface area contributed by atoms with Gasteiger partial charge in [-0.1, -0.05) is 0 Å². The van der Waals surface area contributed by atoms with Crippen LogP contribution < -0.4 is 0 Å². The molecule has 0 bridgehead atoms. The topological polar surface area (TPSA) is 286 Å². The Kier molecular flexibility index (Phi) is 24.1. The molecule has 0 aliphatic rings. The average molecular weight is 875 g/mol. The van der Waals surface area contributed by atoms with E-state index < -0.39 is 78.1 Å². The van der Waals surface area contributed by atoms with E-state index in [4.69, 9.17) is 64.9 Å². The van der Waals surface area contributed by atoms with Crippen LogP contribution in [-0.2, 0) is 50.6 Å². The molecule has 0 aliphatic heterocycles. The number of halogens is 15. The van der Waals surface area contributed by atoms with Gasteiger partial charge in [-0.05, 0) is 0 Å². The van der Waals surface area contributed by atoms with Crippen molar-refractivity contribution in [2.24, 2.45) is 0 Å². The Morgan fingerprint density at radius 3 is 0.310 bits per heavy atom. The molecule has 0 rings (SSSR count). The van der Waals surface area contributed by atoms with E-state index in [0.717, 1.165) is 0 Å². The maximum Gasteiger partial charge on any atom is 3.00 e. The molecule has 0 atom stereocenters. The van der Waals surface area contributed by atoms with Crippen molar-refractivity contribution in [1.82, 2.24) is 0 Å². The minimum atomic E-state index is -6.09. The molecule has 15 nitrogen and oxygen atoms in total. The van der Waals surface area contributed by atoms with Gasteiger partial charge in [-0.3, -0.25) is 0 Å².